The van der Waals surface area contributed by atoms with E-state index in [-0.39, 0.29) is 18.4 Å². The molecular weight excluding hydrogens is 344 g/mol. The van der Waals surface area contributed by atoms with Gasteiger partial charge in [-0.15, -0.1) is 12.4 Å². The molecule has 0 radical (unpaired) electrons. The lowest BCUT2D eigenvalue weighted by Gasteiger charge is -2.29. The molecule has 130 valence electrons. The summed E-state index contributed by atoms with van der Waals surface area (Å²) in [6.45, 7) is 1.19. The molecule has 1 saturated heterocycles. The van der Waals surface area contributed by atoms with Gasteiger partial charge in [-0.25, -0.2) is 8.42 Å². The molecule has 0 bridgehead atoms. The third-order valence-electron chi connectivity index (χ3n) is 5.48. The summed E-state index contributed by atoms with van der Waals surface area (Å²) in [6.07, 6.45) is 3.24. The molecule has 1 aliphatic heterocycles. The van der Waals surface area contributed by atoms with Crippen LogP contribution >= 0.6 is 12.4 Å². The van der Waals surface area contributed by atoms with Crippen molar-refractivity contribution in [3.05, 3.63) is 42.5 Å². The zero-order valence-corrected chi connectivity index (χ0v) is 15.1. The number of sulfonamides is 1. The topological polar surface area (TPSA) is 63.4 Å². The van der Waals surface area contributed by atoms with Crippen LogP contribution in [0.5, 0.6) is 0 Å². The van der Waals surface area contributed by atoms with Crippen molar-refractivity contribution in [1.29, 1.82) is 0 Å². The second-order valence-electron chi connectivity index (χ2n) is 6.85. The Hall–Kier alpha value is -1.14. The van der Waals surface area contributed by atoms with E-state index in [9.17, 15) is 8.42 Å². The zero-order chi connectivity index (χ0) is 16.0. The van der Waals surface area contributed by atoms with Gasteiger partial charge in [0.2, 0.25) is 10.0 Å². The number of nitrogens with zero attached hydrogens (tertiary/aromatic N) is 1. The summed E-state index contributed by atoms with van der Waals surface area (Å²) in [7, 11) is -3.43. The number of halogens is 1. The minimum Gasteiger partial charge on any atom is -0.327 e. The second kappa shape index (κ2) is 6.64. The number of hydrogen-bond donors (Lipinski definition) is 1. The Kier molecular flexibility index (Phi) is 4.89. The van der Waals surface area contributed by atoms with Crippen LogP contribution in [0.1, 0.15) is 19.3 Å². The maximum Gasteiger partial charge on any atom is 0.243 e. The van der Waals surface area contributed by atoms with E-state index >= 15 is 0 Å². The standard InChI is InChI=1S/C18H22N2O2S.ClH/c19-18-7-3-6-15-11-20(12-17(15)18)23(21,22)16-9-8-13-4-1-2-5-14(13)10-16;/h1-2,4-5,8-10,15,17-18H,3,6-7,11-12,19H2;1H. The first-order valence-corrected chi connectivity index (χ1v) is 9.74. The number of rotatable bonds is 2. The molecule has 1 saturated carbocycles. The van der Waals surface area contributed by atoms with Crippen molar-refractivity contribution in [2.45, 2.75) is 30.2 Å². The van der Waals surface area contributed by atoms with Gasteiger partial charge in [0.1, 0.15) is 0 Å². The van der Waals surface area contributed by atoms with Crippen molar-refractivity contribution in [3.8, 4) is 0 Å². The predicted molar refractivity (Wildman–Crippen MR) is 98.8 cm³/mol. The molecule has 3 atom stereocenters. The molecule has 2 N–H and O–H groups in total. The first-order chi connectivity index (χ1) is 11.1. The van der Waals surface area contributed by atoms with E-state index in [0.717, 1.165) is 30.0 Å². The van der Waals surface area contributed by atoms with Gasteiger partial charge >= 0.3 is 0 Å². The Bertz CT molecular complexity index is 840. The maximum atomic E-state index is 13.0. The Morgan fingerprint density at radius 1 is 1.00 bits per heavy atom. The highest BCUT2D eigenvalue weighted by molar-refractivity contribution is 7.89. The van der Waals surface area contributed by atoms with Gasteiger partial charge in [-0.2, -0.15) is 4.31 Å². The molecular formula is C18H23ClN2O2S. The smallest absolute Gasteiger partial charge is 0.243 e. The Balaban J connectivity index is 0.00000169. The zero-order valence-electron chi connectivity index (χ0n) is 13.5. The summed E-state index contributed by atoms with van der Waals surface area (Å²) in [5, 5.41) is 2.02. The number of benzene rings is 2. The highest BCUT2D eigenvalue weighted by Gasteiger charge is 2.43. The Labute approximate surface area is 149 Å². The van der Waals surface area contributed by atoms with Crippen LogP contribution in [-0.2, 0) is 10.0 Å². The van der Waals surface area contributed by atoms with Crippen molar-refractivity contribution >= 4 is 33.2 Å². The van der Waals surface area contributed by atoms with E-state index in [1.54, 1.807) is 16.4 Å². The fraction of sp³-hybridized carbons (Fsp3) is 0.444. The highest BCUT2D eigenvalue weighted by Crippen LogP contribution is 2.38. The average Bonchev–Trinajstić information content (AvgIpc) is 3.01. The summed E-state index contributed by atoms with van der Waals surface area (Å²) in [4.78, 5) is 0.392. The lowest BCUT2D eigenvalue weighted by molar-refractivity contribution is 0.260. The van der Waals surface area contributed by atoms with Gasteiger partial charge in [-0.1, -0.05) is 36.8 Å². The second-order valence-corrected chi connectivity index (χ2v) is 8.79. The molecule has 0 aromatic heterocycles. The maximum absolute atomic E-state index is 13.0. The van der Waals surface area contributed by atoms with Crippen molar-refractivity contribution < 1.29 is 8.42 Å². The fourth-order valence-electron chi connectivity index (χ4n) is 4.15. The Morgan fingerprint density at radius 2 is 1.75 bits per heavy atom. The molecule has 6 heteroatoms. The van der Waals surface area contributed by atoms with Crippen LogP contribution < -0.4 is 5.73 Å². The van der Waals surface area contributed by atoms with Crippen molar-refractivity contribution in [3.63, 3.8) is 0 Å². The largest absolute Gasteiger partial charge is 0.327 e. The van der Waals surface area contributed by atoms with Gasteiger partial charge in [0.25, 0.3) is 0 Å². The quantitative estimate of drug-likeness (QED) is 0.888. The SMILES string of the molecule is Cl.NC1CCCC2CN(S(=O)(=O)c3ccc4ccccc4c3)CC12. The van der Waals surface area contributed by atoms with E-state index in [4.69, 9.17) is 5.73 Å². The normalized spacial score (nSPS) is 27.6. The van der Waals surface area contributed by atoms with E-state index in [1.165, 1.54) is 0 Å². The molecule has 2 aromatic rings. The van der Waals surface area contributed by atoms with Crippen LogP contribution in [0.2, 0.25) is 0 Å². The third kappa shape index (κ3) is 2.94. The minimum absolute atomic E-state index is 0. The summed E-state index contributed by atoms with van der Waals surface area (Å²) in [5.74, 6) is 0.743. The molecule has 24 heavy (non-hydrogen) atoms. The molecule has 2 fully saturated rings. The summed E-state index contributed by atoms with van der Waals surface area (Å²) < 4.78 is 27.7. The molecule has 2 aromatic carbocycles. The van der Waals surface area contributed by atoms with Gasteiger partial charge in [0.05, 0.1) is 4.90 Å². The van der Waals surface area contributed by atoms with E-state index in [0.29, 0.717) is 29.8 Å². The summed E-state index contributed by atoms with van der Waals surface area (Å²) >= 11 is 0. The summed E-state index contributed by atoms with van der Waals surface area (Å²) in [5.41, 5.74) is 6.22. The van der Waals surface area contributed by atoms with Crippen LogP contribution in [0.25, 0.3) is 10.8 Å². The van der Waals surface area contributed by atoms with Gasteiger partial charge < -0.3 is 5.73 Å². The van der Waals surface area contributed by atoms with Crippen molar-refractivity contribution in [1.82, 2.24) is 4.31 Å². The van der Waals surface area contributed by atoms with E-state index in [1.807, 2.05) is 30.3 Å². The fourth-order valence-corrected chi connectivity index (χ4v) is 5.72. The minimum atomic E-state index is -3.43. The molecule has 1 aliphatic carbocycles. The molecule has 0 spiro atoms. The number of fused-ring (bicyclic) bond motifs is 2. The van der Waals surface area contributed by atoms with Crippen LogP contribution in [0.15, 0.2) is 47.4 Å². The molecule has 4 nitrogen and oxygen atoms in total. The van der Waals surface area contributed by atoms with Gasteiger partial charge in [0, 0.05) is 19.1 Å². The molecule has 2 aliphatic rings. The molecule has 1 heterocycles. The summed E-state index contributed by atoms with van der Waals surface area (Å²) in [6, 6.07) is 13.4. The highest BCUT2D eigenvalue weighted by atomic mass is 35.5. The van der Waals surface area contributed by atoms with Crippen LogP contribution in [0, 0.1) is 11.8 Å². The predicted octanol–water partition coefficient (Wildman–Crippen LogP) is 3.01. The first-order valence-electron chi connectivity index (χ1n) is 8.30. The van der Waals surface area contributed by atoms with Crippen molar-refractivity contribution in [2.24, 2.45) is 17.6 Å². The van der Waals surface area contributed by atoms with Crippen LogP contribution in [0.3, 0.4) is 0 Å². The molecule has 3 unspecified atom stereocenters. The molecule has 0 amide bonds. The monoisotopic (exact) mass is 366 g/mol. The van der Waals surface area contributed by atoms with Crippen LogP contribution in [0.4, 0.5) is 0 Å². The van der Waals surface area contributed by atoms with Gasteiger partial charge in [-0.05, 0) is 47.6 Å². The first kappa shape index (κ1) is 17.7. The van der Waals surface area contributed by atoms with Gasteiger partial charge in [0.15, 0.2) is 0 Å². The number of nitrogens with two attached hydrogens (primary N) is 1. The van der Waals surface area contributed by atoms with Crippen molar-refractivity contribution in [2.75, 3.05) is 13.1 Å². The number of hydrogen-bond acceptors (Lipinski definition) is 3. The Morgan fingerprint density at radius 3 is 2.50 bits per heavy atom. The van der Waals surface area contributed by atoms with E-state index in [2.05, 4.69) is 0 Å². The van der Waals surface area contributed by atoms with Crippen LogP contribution in [-0.4, -0.2) is 31.9 Å². The third-order valence-corrected chi connectivity index (χ3v) is 7.31. The van der Waals surface area contributed by atoms with Gasteiger partial charge in [-0.3, -0.25) is 0 Å². The average molecular weight is 367 g/mol. The lowest BCUT2D eigenvalue weighted by atomic mass is 9.78. The van der Waals surface area contributed by atoms with E-state index < -0.39 is 10.0 Å². The lowest BCUT2D eigenvalue weighted by Crippen LogP contribution is -2.38. The molecule has 4 rings (SSSR count).